The number of rotatable bonds is 52. The lowest BCUT2D eigenvalue weighted by Gasteiger charge is -2.40. The third-order valence-corrected chi connectivity index (χ3v) is 14.4. The van der Waals surface area contributed by atoms with E-state index in [-0.39, 0.29) is 12.5 Å². The highest BCUT2D eigenvalue weighted by atomic mass is 16.7. The predicted molar refractivity (Wildman–Crippen MR) is 299 cm³/mol. The Labute approximate surface area is 437 Å². The average molecular weight is 1000 g/mol. The highest BCUT2D eigenvalue weighted by Gasteiger charge is 2.44. The SMILES string of the molecule is CCCCCCCCC/C=C\CCCCCCCCCC(=O)NC(COC1OC(CO)C(O)C(O)C1O)C(O)/C=C/CC/C=C/CC/C=C/CCCCCCCCCCCCCCCCCCCCCC. The van der Waals surface area contributed by atoms with Gasteiger partial charge in [0.2, 0.25) is 5.91 Å². The summed E-state index contributed by atoms with van der Waals surface area (Å²) in [6.07, 6.45) is 62.0. The molecule has 1 saturated heterocycles. The number of hydrogen-bond acceptors (Lipinski definition) is 8. The Kier molecular flexibility index (Phi) is 48.8. The average Bonchev–Trinajstić information content (AvgIpc) is 3.37. The smallest absolute Gasteiger partial charge is 0.220 e. The molecule has 1 amide bonds. The fourth-order valence-corrected chi connectivity index (χ4v) is 9.54. The summed E-state index contributed by atoms with van der Waals surface area (Å²) in [4.78, 5) is 13.0. The van der Waals surface area contributed by atoms with Crippen LogP contribution in [-0.2, 0) is 14.3 Å². The molecule has 7 unspecified atom stereocenters. The third kappa shape index (κ3) is 41.1. The van der Waals surface area contributed by atoms with E-state index in [0.29, 0.717) is 6.42 Å². The minimum absolute atomic E-state index is 0.194. The van der Waals surface area contributed by atoms with Crippen LogP contribution in [0.2, 0.25) is 0 Å². The van der Waals surface area contributed by atoms with Crippen molar-refractivity contribution in [2.24, 2.45) is 0 Å². The summed E-state index contributed by atoms with van der Waals surface area (Å²) in [6, 6.07) is -0.832. The van der Waals surface area contributed by atoms with Crippen molar-refractivity contribution in [1.29, 1.82) is 0 Å². The van der Waals surface area contributed by atoms with Gasteiger partial charge in [0.05, 0.1) is 25.4 Å². The standard InChI is InChI=1S/C62H115NO8/c1-3-5-7-9-11-13-15-17-19-21-23-24-25-26-27-28-29-30-31-32-33-34-35-37-39-41-43-45-47-49-51-56(65)55(54-70-62-61(69)60(68)59(67)57(53-64)71-62)63-58(66)52-50-48-46-44-42-40-38-36-22-20-18-16-14-12-10-8-6-4-2/h20,22,34-35,41,43,49,51,55-57,59-62,64-65,67-69H,3-19,21,23-33,36-40,42,44-48,50,52-54H2,1-2H3,(H,63,66)/b22-20-,35-34+,43-41+,51-49+. The molecule has 7 atom stereocenters. The molecule has 9 nitrogen and oxygen atoms in total. The van der Waals surface area contributed by atoms with Gasteiger partial charge in [-0.05, 0) is 70.6 Å². The maximum absolute atomic E-state index is 13.0. The minimum atomic E-state index is -1.58. The van der Waals surface area contributed by atoms with Crippen molar-refractivity contribution < 1.29 is 39.8 Å². The van der Waals surface area contributed by atoms with Gasteiger partial charge in [0, 0.05) is 6.42 Å². The zero-order valence-corrected chi connectivity index (χ0v) is 46.2. The van der Waals surface area contributed by atoms with Crippen LogP contribution in [-0.4, -0.2) is 87.5 Å². The third-order valence-electron chi connectivity index (χ3n) is 14.4. The molecule has 1 heterocycles. The maximum atomic E-state index is 13.0. The summed E-state index contributed by atoms with van der Waals surface area (Å²) in [7, 11) is 0. The molecule has 6 N–H and O–H groups in total. The first-order valence-corrected chi connectivity index (χ1v) is 30.4. The molecule has 1 aliphatic rings. The first-order chi connectivity index (χ1) is 34.8. The molecule has 1 aliphatic heterocycles. The van der Waals surface area contributed by atoms with Gasteiger partial charge in [-0.2, -0.15) is 0 Å². The highest BCUT2D eigenvalue weighted by molar-refractivity contribution is 5.76. The number of nitrogens with one attached hydrogen (secondary N) is 1. The molecule has 0 radical (unpaired) electrons. The molecule has 71 heavy (non-hydrogen) atoms. The zero-order valence-electron chi connectivity index (χ0n) is 46.2. The lowest BCUT2D eigenvalue weighted by molar-refractivity contribution is -0.302. The molecule has 0 bridgehead atoms. The Bertz CT molecular complexity index is 1250. The number of allylic oxidation sites excluding steroid dienone is 7. The van der Waals surface area contributed by atoms with Crippen LogP contribution < -0.4 is 5.32 Å². The van der Waals surface area contributed by atoms with Crippen molar-refractivity contribution in [1.82, 2.24) is 5.32 Å². The molecule has 0 aliphatic carbocycles. The summed E-state index contributed by atoms with van der Waals surface area (Å²) >= 11 is 0. The fraction of sp³-hybridized carbons (Fsp3) is 0.855. The lowest BCUT2D eigenvalue weighted by atomic mass is 9.99. The van der Waals surface area contributed by atoms with E-state index >= 15 is 0 Å². The van der Waals surface area contributed by atoms with Crippen LogP contribution in [0.25, 0.3) is 0 Å². The van der Waals surface area contributed by atoms with Crippen LogP contribution in [0.3, 0.4) is 0 Å². The van der Waals surface area contributed by atoms with Crippen molar-refractivity contribution >= 4 is 5.91 Å². The Hall–Kier alpha value is -1.85. The van der Waals surface area contributed by atoms with Gasteiger partial charge in [-0.1, -0.05) is 255 Å². The van der Waals surface area contributed by atoms with Gasteiger partial charge in [-0.25, -0.2) is 0 Å². The van der Waals surface area contributed by atoms with Crippen molar-refractivity contribution in [3.8, 4) is 0 Å². The van der Waals surface area contributed by atoms with Crippen molar-refractivity contribution in [3.63, 3.8) is 0 Å². The number of hydrogen-bond donors (Lipinski definition) is 6. The van der Waals surface area contributed by atoms with Gasteiger partial charge in [-0.15, -0.1) is 0 Å². The Morgan fingerprint density at radius 1 is 0.465 bits per heavy atom. The molecule has 416 valence electrons. The van der Waals surface area contributed by atoms with E-state index < -0.39 is 49.5 Å². The predicted octanol–water partition coefficient (Wildman–Crippen LogP) is 15.3. The van der Waals surface area contributed by atoms with E-state index in [4.69, 9.17) is 9.47 Å². The van der Waals surface area contributed by atoms with Crippen LogP contribution >= 0.6 is 0 Å². The quantitative estimate of drug-likeness (QED) is 0.0261. The molecule has 0 spiro atoms. The molecule has 9 heteroatoms. The zero-order chi connectivity index (χ0) is 51.5. The van der Waals surface area contributed by atoms with Crippen molar-refractivity contribution in [3.05, 3.63) is 48.6 Å². The fourth-order valence-electron chi connectivity index (χ4n) is 9.54. The largest absolute Gasteiger partial charge is 0.394 e. The van der Waals surface area contributed by atoms with Gasteiger partial charge in [0.1, 0.15) is 24.4 Å². The molecular formula is C62H115NO8. The number of carbonyl (C=O) groups is 1. The summed E-state index contributed by atoms with van der Waals surface area (Å²) < 4.78 is 11.3. The van der Waals surface area contributed by atoms with Crippen LogP contribution in [0, 0.1) is 0 Å². The monoisotopic (exact) mass is 1000 g/mol. The van der Waals surface area contributed by atoms with Gasteiger partial charge in [0.15, 0.2) is 6.29 Å². The number of unbranched alkanes of at least 4 members (excludes halogenated alkanes) is 36. The van der Waals surface area contributed by atoms with Crippen molar-refractivity contribution in [2.45, 2.75) is 326 Å². The normalized spacial score (nSPS) is 19.6. The Morgan fingerprint density at radius 2 is 0.803 bits per heavy atom. The van der Waals surface area contributed by atoms with Crippen LogP contribution in [0.1, 0.15) is 284 Å². The molecule has 0 saturated carbocycles. The number of carbonyl (C=O) groups excluding carboxylic acids is 1. The molecular weight excluding hydrogens is 887 g/mol. The summed E-state index contributed by atoms with van der Waals surface area (Å²) in [5, 5.41) is 54.5. The van der Waals surface area contributed by atoms with Gasteiger partial charge < -0.3 is 40.3 Å². The van der Waals surface area contributed by atoms with E-state index in [1.807, 2.05) is 6.08 Å². The maximum Gasteiger partial charge on any atom is 0.220 e. The van der Waals surface area contributed by atoms with E-state index in [1.165, 1.54) is 205 Å². The van der Waals surface area contributed by atoms with E-state index in [0.717, 1.165) is 57.8 Å². The molecule has 0 aromatic carbocycles. The van der Waals surface area contributed by atoms with Crippen LogP contribution in [0.5, 0.6) is 0 Å². The van der Waals surface area contributed by atoms with E-state index in [9.17, 15) is 30.3 Å². The first kappa shape index (κ1) is 67.2. The van der Waals surface area contributed by atoms with Crippen LogP contribution in [0.4, 0.5) is 0 Å². The van der Waals surface area contributed by atoms with Gasteiger partial charge in [0.25, 0.3) is 0 Å². The number of aliphatic hydroxyl groups excluding tert-OH is 5. The number of ether oxygens (including phenoxy) is 2. The van der Waals surface area contributed by atoms with Gasteiger partial charge in [-0.3, -0.25) is 4.79 Å². The second-order valence-electron chi connectivity index (χ2n) is 21.1. The highest BCUT2D eigenvalue weighted by Crippen LogP contribution is 2.23. The molecule has 1 fully saturated rings. The number of aliphatic hydroxyl groups is 5. The summed E-state index contributed by atoms with van der Waals surface area (Å²) in [5.41, 5.74) is 0. The van der Waals surface area contributed by atoms with E-state index in [2.05, 4.69) is 55.6 Å². The minimum Gasteiger partial charge on any atom is -0.394 e. The van der Waals surface area contributed by atoms with E-state index in [1.54, 1.807) is 6.08 Å². The Morgan fingerprint density at radius 3 is 1.18 bits per heavy atom. The van der Waals surface area contributed by atoms with Crippen LogP contribution in [0.15, 0.2) is 48.6 Å². The van der Waals surface area contributed by atoms with Gasteiger partial charge >= 0.3 is 0 Å². The number of amides is 1. The molecule has 0 aromatic rings. The molecule has 1 rings (SSSR count). The summed E-state index contributed by atoms with van der Waals surface area (Å²) in [6.45, 7) is 3.78. The lowest BCUT2D eigenvalue weighted by Crippen LogP contribution is -2.60. The molecule has 0 aromatic heterocycles. The second-order valence-corrected chi connectivity index (χ2v) is 21.1. The topological polar surface area (TPSA) is 149 Å². The Balaban J connectivity index is 2.22. The first-order valence-electron chi connectivity index (χ1n) is 30.4. The van der Waals surface area contributed by atoms with Crippen molar-refractivity contribution in [2.75, 3.05) is 13.2 Å². The summed E-state index contributed by atoms with van der Waals surface area (Å²) in [5.74, 6) is -0.194. The second kappa shape index (κ2) is 51.6.